The average Bonchev–Trinajstić information content (AvgIpc) is 2.76. The lowest BCUT2D eigenvalue weighted by Crippen LogP contribution is -2.30. The van der Waals surface area contributed by atoms with Crippen molar-refractivity contribution in [3.63, 3.8) is 0 Å². The van der Waals surface area contributed by atoms with E-state index in [2.05, 4.69) is 10.5 Å². The number of phenolic OH excluding ortho intramolecular Hbond substituents is 1. The molecule has 4 nitrogen and oxygen atoms in total. The van der Waals surface area contributed by atoms with Crippen LogP contribution in [0.4, 0.5) is 0 Å². The fourth-order valence-corrected chi connectivity index (χ4v) is 2.52. The SMILES string of the molecule is Oc1cccc2c(CC3CCCNC3)noc12. The number of rotatable bonds is 2. The maximum Gasteiger partial charge on any atom is 0.208 e. The lowest BCUT2D eigenvalue weighted by molar-refractivity contribution is 0.362. The molecule has 1 saturated heterocycles. The van der Waals surface area contributed by atoms with Crippen molar-refractivity contribution in [2.45, 2.75) is 19.3 Å². The van der Waals surface area contributed by atoms with Gasteiger partial charge in [-0.05, 0) is 50.4 Å². The fraction of sp³-hybridized carbons (Fsp3) is 0.462. The number of nitrogens with one attached hydrogen (secondary N) is 1. The van der Waals surface area contributed by atoms with E-state index in [9.17, 15) is 5.11 Å². The van der Waals surface area contributed by atoms with Gasteiger partial charge in [-0.25, -0.2) is 0 Å². The van der Waals surface area contributed by atoms with Gasteiger partial charge in [-0.3, -0.25) is 0 Å². The largest absolute Gasteiger partial charge is 0.504 e. The van der Waals surface area contributed by atoms with Crippen LogP contribution < -0.4 is 5.32 Å². The first-order valence-corrected chi connectivity index (χ1v) is 6.11. The summed E-state index contributed by atoms with van der Waals surface area (Å²) in [6.45, 7) is 2.17. The standard InChI is InChI=1S/C13H16N2O2/c16-12-5-1-4-10-11(15-17-13(10)12)7-9-3-2-6-14-8-9/h1,4-5,9,14,16H,2-3,6-8H2. The molecule has 17 heavy (non-hydrogen) atoms. The third-order valence-corrected chi connectivity index (χ3v) is 3.43. The molecule has 0 aliphatic carbocycles. The zero-order valence-corrected chi connectivity index (χ0v) is 9.65. The molecule has 4 heteroatoms. The molecular formula is C13H16N2O2. The molecule has 1 aliphatic rings. The van der Waals surface area contributed by atoms with Crippen molar-refractivity contribution in [1.29, 1.82) is 0 Å². The molecule has 1 fully saturated rings. The van der Waals surface area contributed by atoms with Crippen molar-refractivity contribution in [1.82, 2.24) is 10.5 Å². The first-order chi connectivity index (χ1) is 8.34. The quantitative estimate of drug-likeness (QED) is 0.832. The molecule has 0 bridgehead atoms. The normalized spacial score (nSPS) is 20.8. The van der Waals surface area contributed by atoms with E-state index in [0.29, 0.717) is 11.5 Å². The number of phenols is 1. The van der Waals surface area contributed by atoms with Gasteiger partial charge in [-0.2, -0.15) is 0 Å². The van der Waals surface area contributed by atoms with Crippen LogP contribution in [0.1, 0.15) is 18.5 Å². The highest BCUT2D eigenvalue weighted by Gasteiger charge is 2.18. The Bertz CT molecular complexity index is 515. The van der Waals surface area contributed by atoms with Crippen LogP contribution in [0.2, 0.25) is 0 Å². The minimum Gasteiger partial charge on any atom is -0.504 e. The minimum atomic E-state index is 0.169. The van der Waals surface area contributed by atoms with Crippen LogP contribution in [-0.2, 0) is 6.42 Å². The molecule has 1 unspecified atom stereocenters. The molecule has 90 valence electrons. The third-order valence-electron chi connectivity index (χ3n) is 3.43. The van der Waals surface area contributed by atoms with Crippen molar-refractivity contribution in [3.8, 4) is 5.75 Å². The summed E-state index contributed by atoms with van der Waals surface area (Å²) in [6, 6.07) is 5.41. The smallest absolute Gasteiger partial charge is 0.208 e. The molecule has 1 aliphatic heterocycles. The molecule has 0 saturated carbocycles. The van der Waals surface area contributed by atoms with Crippen LogP contribution in [0.25, 0.3) is 11.0 Å². The van der Waals surface area contributed by atoms with Gasteiger partial charge in [0.1, 0.15) is 0 Å². The van der Waals surface area contributed by atoms with E-state index in [4.69, 9.17) is 4.52 Å². The van der Waals surface area contributed by atoms with E-state index in [1.54, 1.807) is 6.07 Å². The van der Waals surface area contributed by atoms with Gasteiger partial charge in [0.25, 0.3) is 0 Å². The summed E-state index contributed by atoms with van der Waals surface area (Å²) in [5.41, 5.74) is 1.47. The molecule has 1 aromatic heterocycles. The minimum absolute atomic E-state index is 0.169. The Hall–Kier alpha value is -1.55. The molecule has 0 amide bonds. The molecule has 2 heterocycles. The van der Waals surface area contributed by atoms with Crippen LogP contribution in [-0.4, -0.2) is 23.4 Å². The van der Waals surface area contributed by atoms with Gasteiger partial charge < -0.3 is 14.9 Å². The molecule has 0 spiro atoms. The topological polar surface area (TPSA) is 58.3 Å². The number of para-hydroxylation sites is 1. The highest BCUT2D eigenvalue weighted by atomic mass is 16.5. The van der Waals surface area contributed by atoms with Crippen LogP contribution in [0.3, 0.4) is 0 Å². The monoisotopic (exact) mass is 232 g/mol. The van der Waals surface area contributed by atoms with E-state index in [1.807, 2.05) is 12.1 Å². The van der Waals surface area contributed by atoms with E-state index < -0.39 is 0 Å². The van der Waals surface area contributed by atoms with Gasteiger partial charge in [-0.15, -0.1) is 0 Å². The van der Waals surface area contributed by atoms with Gasteiger partial charge in [0.2, 0.25) is 5.58 Å². The van der Waals surface area contributed by atoms with Crippen LogP contribution in [0, 0.1) is 5.92 Å². The maximum absolute atomic E-state index is 9.64. The third kappa shape index (κ3) is 2.00. The second-order valence-electron chi connectivity index (χ2n) is 4.70. The Morgan fingerprint density at radius 1 is 1.47 bits per heavy atom. The van der Waals surface area contributed by atoms with E-state index in [-0.39, 0.29) is 5.75 Å². The number of fused-ring (bicyclic) bond motifs is 1. The molecule has 2 aromatic rings. The van der Waals surface area contributed by atoms with Gasteiger partial charge in [0, 0.05) is 5.39 Å². The average molecular weight is 232 g/mol. The molecule has 1 atom stereocenters. The summed E-state index contributed by atoms with van der Waals surface area (Å²) in [7, 11) is 0. The van der Waals surface area contributed by atoms with Gasteiger partial charge >= 0.3 is 0 Å². The predicted molar refractivity (Wildman–Crippen MR) is 65.0 cm³/mol. The zero-order valence-electron chi connectivity index (χ0n) is 9.65. The van der Waals surface area contributed by atoms with E-state index in [1.165, 1.54) is 12.8 Å². The van der Waals surface area contributed by atoms with E-state index in [0.717, 1.165) is 30.6 Å². The molecule has 2 N–H and O–H groups in total. The number of piperidine rings is 1. The predicted octanol–water partition coefficient (Wildman–Crippen LogP) is 2.08. The van der Waals surface area contributed by atoms with Crippen LogP contribution in [0.5, 0.6) is 5.75 Å². The Morgan fingerprint density at radius 2 is 2.41 bits per heavy atom. The number of aromatic nitrogens is 1. The Kier molecular flexibility index (Phi) is 2.73. The summed E-state index contributed by atoms with van der Waals surface area (Å²) in [5, 5.41) is 18.1. The van der Waals surface area contributed by atoms with Gasteiger partial charge in [0.05, 0.1) is 5.69 Å². The Labute approximate surface area is 99.6 Å². The second-order valence-corrected chi connectivity index (χ2v) is 4.70. The summed E-state index contributed by atoms with van der Waals surface area (Å²) in [5.74, 6) is 0.794. The van der Waals surface area contributed by atoms with Crippen molar-refractivity contribution >= 4 is 11.0 Å². The Balaban J connectivity index is 1.87. The van der Waals surface area contributed by atoms with Gasteiger partial charge in [-0.1, -0.05) is 11.2 Å². The summed E-state index contributed by atoms with van der Waals surface area (Å²) >= 11 is 0. The fourth-order valence-electron chi connectivity index (χ4n) is 2.52. The number of hydrogen-bond donors (Lipinski definition) is 2. The first-order valence-electron chi connectivity index (χ1n) is 6.11. The van der Waals surface area contributed by atoms with Crippen molar-refractivity contribution < 1.29 is 9.63 Å². The number of nitrogens with zero attached hydrogens (tertiary/aromatic N) is 1. The molecule has 1 aromatic carbocycles. The summed E-state index contributed by atoms with van der Waals surface area (Å²) in [6.07, 6.45) is 3.38. The van der Waals surface area contributed by atoms with Crippen LogP contribution >= 0.6 is 0 Å². The number of aromatic hydroxyl groups is 1. The second kappa shape index (κ2) is 4.37. The summed E-state index contributed by atoms with van der Waals surface area (Å²) in [4.78, 5) is 0. The van der Waals surface area contributed by atoms with Crippen molar-refractivity contribution in [3.05, 3.63) is 23.9 Å². The molecular weight excluding hydrogens is 216 g/mol. The maximum atomic E-state index is 9.64. The van der Waals surface area contributed by atoms with E-state index >= 15 is 0 Å². The van der Waals surface area contributed by atoms with Crippen LogP contribution in [0.15, 0.2) is 22.7 Å². The Morgan fingerprint density at radius 3 is 3.24 bits per heavy atom. The number of hydrogen-bond acceptors (Lipinski definition) is 4. The van der Waals surface area contributed by atoms with Crippen molar-refractivity contribution in [2.24, 2.45) is 5.92 Å². The lowest BCUT2D eigenvalue weighted by Gasteiger charge is -2.21. The zero-order chi connectivity index (χ0) is 11.7. The lowest BCUT2D eigenvalue weighted by atomic mass is 9.94. The highest BCUT2D eigenvalue weighted by Crippen LogP contribution is 2.28. The molecule has 3 rings (SSSR count). The van der Waals surface area contributed by atoms with Gasteiger partial charge in [0.15, 0.2) is 5.75 Å². The highest BCUT2D eigenvalue weighted by molar-refractivity contribution is 5.84. The molecule has 0 radical (unpaired) electrons. The summed E-state index contributed by atoms with van der Waals surface area (Å²) < 4.78 is 5.20. The van der Waals surface area contributed by atoms with Crippen molar-refractivity contribution in [2.75, 3.05) is 13.1 Å². The number of benzene rings is 1. The first kappa shape index (κ1) is 10.6.